The van der Waals surface area contributed by atoms with E-state index in [-0.39, 0.29) is 11.2 Å². The first-order valence-corrected chi connectivity index (χ1v) is 10.0. The van der Waals surface area contributed by atoms with E-state index in [0.29, 0.717) is 36.7 Å². The van der Waals surface area contributed by atoms with Crippen LogP contribution in [0.25, 0.3) is 5.57 Å². The van der Waals surface area contributed by atoms with Crippen molar-refractivity contribution in [2.75, 3.05) is 20.8 Å². The summed E-state index contributed by atoms with van der Waals surface area (Å²) in [7, 11) is 3.16. The van der Waals surface area contributed by atoms with Gasteiger partial charge >= 0.3 is 11.2 Å². The predicted octanol–water partition coefficient (Wildman–Crippen LogP) is 4.40. The Morgan fingerprint density at radius 2 is 1.93 bits per heavy atom. The molecule has 1 aliphatic carbocycles. The maximum atomic E-state index is 13.1. The molecule has 1 saturated carbocycles. The molecule has 0 saturated heterocycles. The number of carbonyl (C=O) groups excluding carboxylic acids is 1. The van der Waals surface area contributed by atoms with Crippen molar-refractivity contribution in [1.82, 2.24) is 0 Å². The van der Waals surface area contributed by atoms with Crippen LogP contribution < -0.4 is 0 Å². The van der Waals surface area contributed by atoms with Gasteiger partial charge in [0.15, 0.2) is 11.4 Å². The smallest absolute Gasteiger partial charge is 0.357 e. The van der Waals surface area contributed by atoms with Crippen LogP contribution in [0.2, 0.25) is 0 Å². The average Bonchev–Trinajstić information content (AvgIpc) is 2.86. The standard InChI is InChI=1S/C22H28O5S/c1-13-9-14(2)17(15(3)10-13)18-19(26-21(28)25-5)22(27-20(18)23)8-6-7-16(11-22)12-24-4/h9-10,16H,6-8,11-12H2,1-5H3. The third-order valence-corrected chi connectivity index (χ3v) is 5.88. The molecule has 6 heteroatoms. The molecule has 1 aliphatic heterocycles. The first kappa shape index (κ1) is 20.8. The summed E-state index contributed by atoms with van der Waals surface area (Å²) in [5, 5.41) is -0.0125. The molecule has 5 nitrogen and oxygen atoms in total. The Labute approximate surface area is 172 Å². The van der Waals surface area contributed by atoms with E-state index < -0.39 is 5.60 Å². The molecule has 0 N–H and O–H groups in total. The molecule has 2 unspecified atom stereocenters. The van der Waals surface area contributed by atoms with Crippen molar-refractivity contribution in [3.63, 3.8) is 0 Å². The summed E-state index contributed by atoms with van der Waals surface area (Å²) in [4.78, 5) is 13.1. The second-order valence-electron chi connectivity index (χ2n) is 7.84. The highest BCUT2D eigenvalue weighted by atomic mass is 32.1. The van der Waals surface area contributed by atoms with Gasteiger partial charge in [0.05, 0.1) is 7.11 Å². The van der Waals surface area contributed by atoms with E-state index in [1.54, 1.807) is 7.11 Å². The van der Waals surface area contributed by atoms with Gasteiger partial charge in [-0.3, -0.25) is 0 Å². The summed E-state index contributed by atoms with van der Waals surface area (Å²) >= 11 is 5.18. The van der Waals surface area contributed by atoms with Gasteiger partial charge in [0.2, 0.25) is 0 Å². The van der Waals surface area contributed by atoms with Gasteiger partial charge in [-0.2, -0.15) is 0 Å². The monoisotopic (exact) mass is 404 g/mol. The highest BCUT2D eigenvalue weighted by Gasteiger charge is 2.53. The van der Waals surface area contributed by atoms with Crippen molar-refractivity contribution in [1.29, 1.82) is 0 Å². The maximum Gasteiger partial charge on any atom is 0.357 e. The van der Waals surface area contributed by atoms with Crippen molar-refractivity contribution < 1.29 is 23.7 Å². The zero-order valence-electron chi connectivity index (χ0n) is 17.2. The molecule has 1 heterocycles. The van der Waals surface area contributed by atoms with E-state index in [1.165, 1.54) is 7.11 Å². The minimum Gasteiger partial charge on any atom is -0.460 e. The number of benzene rings is 1. The van der Waals surface area contributed by atoms with Gasteiger partial charge in [-0.25, -0.2) is 4.79 Å². The lowest BCUT2D eigenvalue weighted by Gasteiger charge is -2.37. The molecule has 0 aromatic heterocycles. The number of esters is 1. The highest BCUT2D eigenvalue weighted by molar-refractivity contribution is 7.79. The molecule has 2 atom stereocenters. The Morgan fingerprint density at radius 3 is 2.54 bits per heavy atom. The predicted molar refractivity (Wildman–Crippen MR) is 111 cm³/mol. The summed E-state index contributed by atoms with van der Waals surface area (Å²) in [6, 6.07) is 4.13. The zero-order chi connectivity index (χ0) is 20.5. The molecule has 1 fully saturated rings. The Balaban J connectivity index is 2.16. The molecule has 2 aliphatic rings. The summed E-state index contributed by atoms with van der Waals surface area (Å²) in [5.41, 5.74) is 3.67. The van der Waals surface area contributed by atoms with Crippen LogP contribution in [0.3, 0.4) is 0 Å². The number of aryl methyl sites for hydroxylation is 3. The van der Waals surface area contributed by atoms with Crippen LogP contribution in [0.5, 0.6) is 0 Å². The maximum absolute atomic E-state index is 13.1. The van der Waals surface area contributed by atoms with Crippen molar-refractivity contribution in [3.8, 4) is 0 Å². The van der Waals surface area contributed by atoms with Crippen LogP contribution in [0.1, 0.15) is 47.9 Å². The summed E-state index contributed by atoms with van der Waals surface area (Å²) < 4.78 is 22.4. The summed E-state index contributed by atoms with van der Waals surface area (Å²) in [6.45, 7) is 6.67. The van der Waals surface area contributed by atoms with Gasteiger partial charge in [-0.05, 0) is 69.1 Å². The average molecular weight is 405 g/mol. The molecular formula is C22H28O5S. The fourth-order valence-corrected chi connectivity index (χ4v) is 4.76. The van der Waals surface area contributed by atoms with Crippen LogP contribution in [0, 0.1) is 26.7 Å². The molecule has 3 rings (SSSR count). The first-order chi connectivity index (χ1) is 13.3. The van der Waals surface area contributed by atoms with Crippen molar-refractivity contribution >= 4 is 29.0 Å². The number of hydrogen-bond donors (Lipinski definition) is 0. The van der Waals surface area contributed by atoms with Gasteiger partial charge in [0.25, 0.3) is 0 Å². The Hall–Kier alpha value is -1.92. The topological polar surface area (TPSA) is 54.0 Å². The fourth-order valence-electron chi connectivity index (χ4n) is 4.68. The fraction of sp³-hybridized carbons (Fsp3) is 0.545. The van der Waals surface area contributed by atoms with E-state index in [0.717, 1.165) is 35.1 Å². The lowest BCUT2D eigenvalue weighted by atomic mass is 9.76. The van der Waals surface area contributed by atoms with Gasteiger partial charge in [-0.1, -0.05) is 17.7 Å². The summed E-state index contributed by atoms with van der Waals surface area (Å²) in [5.74, 6) is 0.419. The first-order valence-electron chi connectivity index (χ1n) is 9.62. The van der Waals surface area contributed by atoms with Crippen molar-refractivity contribution in [2.45, 2.75) is 52.1 Å². The van der Waals surface area contributed by atoms with Gasteiger partial charge < -0.3 is 18.9 Å². The zero-order valence-corrected chi connectivity index (χ0v) is 18.0. The van der Waals surface area contributed by atoms with Crippen LogP contribution in [0.15, 0.2) is 17.9 Å². The van der Waals surface area contributed by atoms with Crippen LogP contribution in [-0.4, -0.2) is 37.6 Å². The molecule has 0 bridgehead atoms. The molecule has 1 aromatic carbocycles. The van der Waals surface area contributed by atoms with E-state index >= 15 is 0 Å². The molecule has 0 amide bonds. The minimum absolute atomic E-state index is 0.0125. The normalized spacial score (nSPS) is 24.5. The quantitative estimate of drug-likeness (QED) is 0.548. The minimum atomic E-state index is -0.819. The van der Waals surface area contributed by atoms with Crippen molar-refractivity contribution in [2.24, 2.45) is 5.92 Å². The Bertz CT molecular complexity index is 803. The number of ether oxygens (including phenoxy) is 4. The van der Waals surface area contributed by atoms with Gasteiger partial charge in [0, 0.05) is 25.9 Å². The number of hydrogen-bond acceptors (Lipinski definition) is 6. The van der Waals surface area contributed by atoms with E-state index in [2.05, 4.69) is 12.1 Å². The van der Waals surface area contributed by atoms with E-state index in [4.69, 9.17) is 31.2 Å². The molecule has 0 radical (unpaired) electrons. The molecule has 28 heavy (non-hydrogen) atoms. The molecular weight excluding hydrogens is 376 g/mol. The van der Waals surface area contributed by atoms with Crippen molar-refractivity contribution in [3.05, 3.63) is 40.1 Å². The Kier molecular flexibility index (Phi) is 6.10. The molecule has 1 aromatic rings. The second kappa shape index (κ2) is 8.21. The third-order valence-electron chi connectivity index (χ3n) is 5.63. The number of carbonyl (C=O) groups is 1. The van der Waals surface area contributed by atoms with Crippen LogP contribution in [-0.2, 0) is 23.7 Å². The molecule has 152 valence electrons. The second-order valence-corrected chi connectivity index (χ2v) is 8.17. The van der Waals surface area contributed by atoms with Crippen LogP contribution in [0.4, 0.5) is 0 Å². The highest BCUT2D eigenvalue weighted by Crippen LogP contribution is 2.49. The van der Waals surface area contributed by atoms with Crippen LogP contribution >= 0.6 is 12.2 Å². The summed E-state index contributed by atoms with van der Waals surface area (Å²) in [6.07, 6.45) is 3.32. The number of methoxy groups -OCH3 is 2. The van der Waals surface area contributed by atoms with E-state index in [1.807, 2.05) is 20.8 Å². The van der Waals surface area contributed by atoms with Gasteiger partial charge in [0.1, 0.15) is 5.57 Å². The lowest BCUT2D eigenvalue weighted by molar-refractivity contribution is -0.151. The number of rotatable bonds is 4. The third kappa shape index (κ3) is 3.80. The van der Waals surface area contributed by atoms with Gasteiger partial charge in [-0.15, -0.1) is 0 Å². The lowest BCUT2D eigenvalue weighted by Crippen LogP contribution is -2.40. The number of thiocarbonyl (C=S) groups is 1. The van der Waals surface area contributed by atoms with E-state index in [9.17, 15) is 4.79 Å². The largest absolute Gasteiger partial charge is 0.460 e. The SMILES string of the molecule is COCC1CCCC2(C1)OC(=O)C(c1c(C)cc(C)cc1C)=C2OC(=S)OC. The molecule has 1 spiro atoms. The Morgan fingerprint density at radius 1 is 1.25 bits per heavy atom.